The molecule has 2 amide bonds. The fourth-order valence-corrected chi connectivity index (χ4v) is 3.83. The second-order valence-corrected chi connectivity index (χ2v) is 7.90. The predicted octanol–water partition coefficient (Wildman–Crippen LogP) is 2.99. The Morgan fingerprint density at radius 3 is 2.35 bits per heavy atom. The van der Waals surface area contributed by atoms with Crippen molar-refractivity contribution < 1.29 is 19.1 Å². The summed E-state index contributed by atoms with van der Waals surface area (Å²) in [7, 11) is 3.04. The zero-order chi connectivity index (χ0) is 22.4. The summed E-state index contributed by atoms with van der Waals surface area (Å²) in [5, 5.41) is 3.24. The number of hydrogen-bond acceptors (Lipinski definition) is 5. The van der Waals surface area contributed by atoms with E-state index >= 15 is 0 Å². The van der Waals surface area contributed by atoms with Crippen LogP contribution in [0.1, 0.15) is 11.1 Å². The third-order valence-electron chi connectivity index (χ3n) is 5.44. The molecular formula is C23H28ClN3O4. The average molecular weight is 446 g/mol. The minimum atomic E-state index is -0.167. The van der Waals surface area contributed by atoms with Gasteiger partial charge in [-0.15, -0.1) is 0 Å². The van der Waals surface area contributed by atoms with E-state index in [0.29, 0.717) is 54.8 Å². The van der Waals surface area contributed by atoms with Gasteiger partial charge in [-0.1, -0.05) is 35.9 Å². The summed E-state index contributed by atoms with van der Waals surface area (Å²) in [6.07, 6.45) is 0.408. The molecule has 0 bridgehead atoms. The highest BCUT2D eigenvalue weighted by atomic mass is 35.5. The Balaban J connectivity index is 1.51. The number of hydrogen-bond donors (Lipinski definition) is 1. The molecule has 1 saturated heterocycles. The fraction of sp³-hybridized carbons (Fsp3) is 0.391. The molecule has 0 atom stereocenters. The SMILES string of the molecule is COc1cc(OC)c(NC(=O)CN2CCN(C(=O)Cc3ccccc3C)CC2)cc1Cl. The molecule has 3 rings (SSSR count). The molecule has 1 aliphatic rings. The van der Waals surface area contributed by atoms with Gasteiger partial charge in [0.15, 0.2) is 0 Å². The minimum Gasteiger partial charge on any atom is -0.495 e. The van der Waals surface area contributed by atoms with Gasteiger partial charge in [0.1, 0.15) is 11.5 Å². The largest absolute Gasteiger partial charge is 0.495 e. The highest BCUT2D eigenvalue weighted by molar-refractivity contribution is 6.32. The number of carbonyl (C=O) groups is 2. The number of methoxy groups -OCH3 is 2. The van der Waals surface area contributed by atoms with Crippen molar-refractivity contribution in [2.24, 2.45) is 0 Å². The van der Waals surface area contributed by atoms with E-state index in [9.17, 15) is 9.59 Å². The summed E-state index contributed by atoms with van der Waals surface area (Å²) < 4.78 is 10.5. The van der Waals surface area contributed by atoms with E-state index in [1.54, 1.807) is 12.1 Å². The number of ether oxygens (including phenoxy) is 2. The molecule has 2 aromatic carbocycles. The van der Waals surface area contributed by atoms with Crippen LogP contribution in [0.5, 0.6) is 11.5 Å². The van der Waals surface area contributed by atoms with Gasteiger partial charge in [-0.25, -0.2) is 0 Å². The van der Waals surface area contributed by atoms with Crippen molar-refractivity contribution in [1.29, 1.82) is 0 Å². The number of nitrogens with zero attached hydrogens (tertiary/aromatic N) is 2. The number of carbonyl (C=O) groups excluding carboxylic acids is 2. The zero-order valence-electron chi connectivity index (χ0n) is 18.1. The molecule has 1 heterocycles. The Morgan fingerprint density at radius 1 is 1.03 bits per heavy atom. The maximum Gasteiger partial charge on any atom is 0.238 e. The van der Waals surface area contributed by atoms with E-state index < -0.39 is 0 Å². The first-order valence-electron chi connectivity index (χ1n) is 10.2. The van der Waals surface area contributed by atoms with E-state index in [1.807, 2.05) is 41.0 Å². The molecule has 0 spiro atoms. The molecule has 7 nitrogen and oxygen atoms in total. The van der Waals surface area contributed by atoms with Crippen LogP contribution in [0.3, 0.4) is 0 Å². The number of halogens is 1. The molecule has 0 aromatic heterocycles. The Labute approximate surface area is 187 Å². The Hall–Kier alpha value is -2.77. The van der Waals surface area contributed by atoms with Crippen LogP contribution in [-0.2, 0) is 16.0 Å². The Kier molecular flexibility index (Phi) is 7.76. The molecule has 1 aliphatic heterocycles. The number of rotatable bonds is 7. The topological polar surface area (TPSA) is 71.1 Å². The molecule has 31 heavy (non-hydrogen) atoms. The van der Waals surface area contributed by atoms with Crippen molar-refractivity contribution in [1.82, 2.24) is 9.80 Å². The monoisotopic (exact) mass is 445 g/mol. The molecule has 0 unspecified atom stereocenters. The van der Waals surface area contributed by atoms with Crippen LogP contribution in [0.2, 0.25) is 5.02 Å². The lowest BCUT2D eigenvalue weighted by Crippen LogP contribution is -2.50. The third kappa shape index (κ3) is 5.89. The standard InChI is InChI=1S/C23H28ClN3O4/c1-16-6-4-5-7-17(16)12-23(29)27-10-8-26(9-11-27)15-22(28)25-19-13-18(24)20(30-2)14-21(19)31-3/h4-7,13-14H,8-12,15H2,1-3H3,(H,25,28). The maximum absolute atomic E-state index is 12.6. The first kappa shape index (κ1) is 22.9. The number of anilines is 1. The van der Waals surface area contributed by atoms with Gasteiger partial charge in [0.25, 0.3) is 0 Å². The second-order valence-electron chi connectivity index (χ2n) is 7.50. The Morgan fingerprint density at radius 2 is 1.71 bits per heavy atom. The van der Waals surface area contributed by atoms with E-state index in [2.05, 4.69) is 5.32 Å². The van der Waals surface area contributed by atoms with Gasteiger partial charge in [-0.05, 0) is 24.1 Å². The lowest BCUT2D eigenvalue weighted by molar-refractivity contribution is -0.132. The summed E-state index contributed by atoms with van der Waals surface area (Å²) in [5.74, 6) is 0.902. The fourth-order valence-electron chi connectivity index (χ4n) is 3.59. The van der Waals surface area contributed by atoms with Crippen LogP contribution < -0.4 is 14.8 Å². The van der Waals surface area contributed by atoms with Crippen molar-refractivity contribution >= 4 is 29.1 Å². The minimum absolute atomic E-state index is 0.121. The Bertz CT molecular complexity index is 942. The summed E-state index contributed by atoms with van der Waals surface area (Å²) >= 11 is 6.17. The molecule has 1 N–H and O–H groups in total. The summed E-state index contributed by atoms with van der Waals surface area (Å²) in [6.45, 7) is 4.75. The van der Waals surface area contributed by atoms with E-state index in [0.717, 1.165) is 11.1 Å². The van der Waals surface area contributed by atoms with E-state index in [4.69, 9.17) is 21.1 Å². The van der Waals surface area contributed by atoms with Crippen LogP contribution in [0.15, 0.2) is 36.4 Å². The second kappa shape index (κ2) is 10.5. The number of aryl methyl sites for hydroxylation is 1. The summed E-state index contributed by atoms with van der Waals surface area (Å²) in [6, 6.07) is 11.2. The molecule has 166 valence electrons. The molecule has 0 aliphatic carbocycles. The van der Waals surface area contributed by atoms with Crippen LogP contribution in [-0.4, -0.2) is 68.6 Å². The smallest absolute Gasteiger partial charge is 0.238 e. The van der Waals surface area contributed by atoms with Gasteiger partial charge in [0.05, 0.1) is 37.9 Å². The normalized spacial score (nSPS) is 14.3. The average Bonchev–Trinajstić information content (AvgIpc) is 2.76. The molecule has 8 heteroatoms. The zero-order valence-corrected chi connectivity index (χ0v) is 18.9. The third-order valence-corrected chi connectivity index (χ3v) is 5.74. The quantitative estimate of drug-likeness (QED) is 0.709. The lowest BCUT2D eigenvalue weighted by atomic mass is 10.1. The number of piperazine rings is 1. The van der Waals surface area contributed by atoms with Crippen LogP contribution >= 0.6 is 11.6 Å². The van der Waals surface area contributed by atoms with Gasteiger partial charge < -0.3 is 19.7 Å². The van der Waals surface area contributed by atoms with Crippen molar-refractivity contribution in [3.63, 3.8) is 0 Å². The highest BCUT2D eigenvalue weighted by Crippen LogP contribution is 2.35. The van der Waals surface area contributed by atoms with E-state index in [1.165, 1.54) is 14.2 Å². The number of nitrogens with one attached hydrogen (secondary N) is 1. The van der Waals surface area contributed by atoms with Crippen molar-refractivity contribution in [2.45, 2.75) is 13.3 Å². The molecule has 0 saturated carbocycles. The van der Waals surface area contributed by atoms with Gasteiger partial charge >= 0.3 is 0 Å². The summed E-state index contributed by atoms with van der Waals surface area (Å²) in [4.78, 5) is 29.1. The molecule has 2 aromatic rings. The van der Waals surface area contributed by atoms with Crippen molar-refractivity contribution in [3.8, 4) is 11.5 Å². The first-order chi connectivity index (χ1) is 14.9. The van der Waals surface area contributed by atoms with Gasteiger partial charge in [-0.3, -0.25) is 14.5 Å². The molecular weight excluding hydrogens is 418 g/mol. The highest BCUT2D eigenvalue weighted by Gasteiger charge is 2.23. The van der Waals surface area contributed by atoms with Gasteiger partial charge in [0, 0.05) is 32.2 Å². The van der Waals surface area contributed by atoms with Gasteiger partial charge in [-0.2, -0.15) is 0 Å². The lowest BCUT2D eigenvalue weighted by Gasteiger charge is -2.34. The van der Waals surface area contributed by atoms with Crippen LogP contribution in [0.4, 0.5) is 5.69 Å². The van der Waals surface area contributed by atoms with Crippen LogP contribution in [0, 0.1) is 6.92 Å². The van der Waals surface area contributed by atoms with E-state index in [-0.39, 0.29) is 18.4 Å². The number of benzene rings is 2. The van der Waals surface area contributed by atoms with Gasteiger partial charge in [0.2, 0.25) is 11.8 Å². The number of amides is 2. The molecule has 0 radical (unpaired) electrons. The first-order valence-corrected chi connectivity index (χ1v) is 10.5. The molecule has 1 fully saturated rings. The maximum atomic E-state index is 12.6. The summed E-state index contributed by atoms with van der Waals surface area (Å²) in [5.41, 5.74) is 2.67. The van der Waals surface area contributed by atoms with Crippen molar-refractivity contribution in [3.05, 3.63) is 52.5 Å². The predicted molar refractivity (Wildman–Crippen MR) is 121 cm³/mol. The van der Waals surface area contributed by atoms with Crippen LogP contribution in [0.25, 0.3) is 0 Å². The van der Waals surface area contributed by atoms with Crippen molar-refractivity contribution in [2.75, 3.05) is 52.3 Å².